The molecule has 0 amide bonds. The molecule has 2 atom stereocenters. The number of nitrogens with one attached hydrogen (secondary N) is 1. The van der Waals surface area contributed by atoms with Crippen LogP contribution < -0.4 is 5.32 Å². The average molecular weight is 221 g/mol. The highest BCUT2D eigenvalue weighted by atomic mass is 19.1. The lowest BCUT2D eigenvalue weighted by Gasteiger charge is -2.35. The molecule has 1 aromatic carbocycles. The molecule has 0 spiro atoms. The largest absolute Gasteiger partial charge is 0.382 e. The number of hydrogen-bond donors (Lipinski definition) is 1. The highest BCUT2D eigenvalue weighted by molar-refractivity contribution is 5.44. The maximum Gasteiger partial charge on any atom is 0.125 e. The molecule has 88 valence electrons. The molecule has 0 bridgehead atoms. The van der Waals surface area contributed by atoms with Crippen LogP contribution in [-0.2, 0) is 0 Å². The van der Waals surface area contributed by atoms with E-state index in [1.165, 1.54) is 25.3 Å². The molecular formula is C14H20FN. The van der Waals surface area contributed by atoms with Crippen LogP contribution in [0, 0.1) is 17.7 Å². The molecule has 1 N–H and O–H groups in total. The van der Waals surface area contributed by atoms with Crippen LogP contribution in [0.15, 0.2) is 24.3 Å². The van der Waals surface area contributed by atoms with Gasteiger partial charge in [-0.1, -0.05) is 26.3 Å². The van der Waals surface area contributed by atoms with Crippen LogP contribution in [-0.4, -0.2) is 6.04 Å². The molecule has 0 heterocycles. The number of hydrogen-bond acceptors (Lipinski definition) is 1. The fourth-order valence-corrected chi connectivity index (χ4v) is 2.74. The summed E-state index contributed by atoms with van der Waals surface area (Å²) in [4.78, 5) is 0. The van der Waals surface area contributed by atoms with Crippen molar-refractivity contribution >= 4 is 5.69 Å². The van der Waals surface area contributed by atoms with Crippen molar-refractivity contribution < 1.29 is 4.39 Å². The maximum absolute atomic E-state index is 13.1. The quantitative estimate of drug-likeness (QED) is 0.794. The first-order chi connectivity index (χ1) is 7.66. The van der Waals surface area contributed by atoms with E-state index in [4.69, 9.17) is 0 Å². The van der Waals surface area contributed by atoms with E-state index in [1.807, 2.05) is 6.07 Å². The van der Waals surface area contributed by atoms with Crippen molar-refractivity contribution in [2.45, 2.75) is 39.2 Å². The molecule has 2 heteroatoms. The molecule has 1 aromatic rings. The van der Waals surface area contributed by atoms with E-state index in [-0.39, 0.29) is 5.82 Å². The first-order valence-electron chi connectivity index (χ1n) is 6.19. The van der Waals surface area contributed by atoms with Gasteiger partial charge in [0.25, 0.3) is 0 Å². The van der Waals surface area contributed by atoms with E-state index in [1.54, 1.807) is 12.1 Å². The molecule has 0 radical (unpaired) electrons. The lowest BCUT2D eigenvalue weighted by molar-refractivity contribution is 0.268. The van der Waals surface area contributed by atoms with Gasteiger partial charge < -0.3 is 5.32 Å². The van der Waals surface area contributed by atoms with Crippen LogP contribution in [0.25, 0.3) is 0 Å². The lowest BCUT2D eigenvalue weighted by Crippen LogP contribution is -2.37. The Morgan fingerprint density at radius 1 is 1.19 bits per heavy atom. The van der Waals surface area contributed by atoms with Gasteiger partial charge in [0.2, 0.25) is 0 Å². The Kier molecular flexibility index (Phi) is 3.47. The Balaban J connectivity index is 2.07. The highest BCUT2D eigenvalue weighted by Crippen LogP contribution is 2.31. The van der Waals surface area contributed by atoms with Crippen LogP contribution in [0.3, 0.4) is 0 Å². The molecule has 0 aliphatic heterocycles. The van der Waals surface area contributed by atoms with Gasteiger partial charge in [-0.15, -0.1) is 0 Å². The van der Waals surface area contributed by atoms with Crippen molar-refractivity contribution in [3.63, 3.8) is 0 Å². The summed E-state index contributed by atoms with van der Waals surface area (Å²) in [5.41, 5.74) is 0.908. The Morgan fingerprint density at radius 3 is 2.50 bits per heavy atom. The minimum absolute atomic E-state index is 0.166. The standard InChI is InChI=1S/C14H20FN/c1-10-5-3-6-11(2)14(10)16-13-8-4-7-12(15)9-13/h4,7-11,14,16H,3,5-6H2,1-2H3. The second kappa shape index (κ2) is 4.86. The van der Waals surface area contributed by atoms with E-state index in [0.717, 1.165) is 5.69 Å². The highest BCUT2D eigenvalue weighted by Gasteiger charge is 2.27. The summed E-state index contributed by atoms with van der Waals surface area (Å²) >= 11 is 0. The Hall–Kier alpha value is -1.05. The third kappa shape index (κ3) is 2.55. The van der Waals surface area contributed by atoms with Gasteiger partial charge in [0.15, 0.2) is 0 Å². The van der Waals surface area contributed by atoms with Crippen molar-refractivity contribution in [1.82, 2.24) is 0 Å². The summed E-state index contributed by atoms with van der Waals surface area (Å²) < 4.78 is 13.1. The summed E-state index contributed by atoms with van der Waals surface area (Å²) in [6, 6.07) is 7.25. The number of halogens is 1. The summed E-state index contributed by atoms with van der Waals surface area (Å²) in [6.07, 6.45) is 3.87. The molecule has 0 aromatic heterocycles. The molecule has 1 fully saturated rings. The van der Waals surface area contributed by atoms with Gasteiger partial charge in [0, 0.05) is 11.7 Å². The van der Waals surface area contributed by atoms with Gasteiger partial charge in [0.1, 0.15) is 5.82 Å². The van der Waals surface area contributed by atoms with Crippen LogP contribution in [0.2, 0.25) is 0 Å². The zero-order valence-electron chi connectivity index (χ0n) is 10.0. The molecule has 1 saturated carbocycles. The van der Waals surface area contributed by atoms with Crippen LogP contribution in [0.1, 0.15) is 33.1 Å². The smallest absolute Gasteiger partial charge is 0.125 e. The van der Waals surface area contributed by atoms with E-state index in [9.17, 15) is 4.39 Å². The van der Waals surface area contributed by atoms with Crippen molar-refractivity contribution in [2.75, 3.05) is 5.32 Å². The zero-order valence-corrected chi connectivity index (χ0v) is 10.0. The third-order valence-electron chi connectivity index (χ3n) is 3.70. The van der Waals surface area contributed by atoms with E-state index in [2.05, 4.69) is 19.2 Å². The van der Waals surface area contributed by atoms with Gasteiger partial charge in [-0.05, 0) is 42.9 Å². The summed E-state index contributed by atoms with van der Waals surface area (Å²) in [6.45, 7) is 4.57. The van der Waals surface area contributed by atoms with Gasteiger partial charge in [-0.3, -0.25) is 0 Å². The molecule has 2 unspecified atom stereocenters. The first kappa shape index (κ1) is 11.4. The maximum atomic E-state index is 13.1. The predicted octanol–water partition coefficient (Wildman–Crippen LogP) is 4.06. The minimum atomic E-state index is -0.166. The number of rotatable bonds is 2. The minimum Gasteiger partial charge on any atom is -0.382 e. The third-order valence-corrected chi connectivity index (χ3v) is 3.70. The molecule has 1 nitrogen and oxygen atoms in total. The van der Waals surface area contributed by atoms with Crippen molar-refractivity contribution in [3.8, 4) is 0 Å². The van der Waals surface area contributed by atoms with E-state index >= 15 is 0 Å². The fourth-order valence-electron chi connectivity index (χ4n) is 2.74. The molecule has 1 aliphatic rings. The molecule has 2 rings (SSSR count). The molecule has 16 heavy (non-hydrogen) atoms. The lowest BCUT2D eigenvalue weighted by atomic mass is 9.78. The van der Waals surface area contributed by atoms with Gasteiger partial charge in [-0.25, -0.2) is 4.39 Å². The number of benzene rings is 1. The SMILES string of the molecule is CC1CCCC(C)C1Nc1cccc(F)c1. The zero-order chi connectivity index (χ0) is 11.5. The normalized spacial score (nSPS) is 30.1. The topological polar surface area (TPSA) is 12.0 Å². The molecular weight excluding hydrogens is 201 g/mol. The number of anilines is 1. The summed E-state index contributed by atoms with van der Waals surface area (Å²) in [7, 11) is 0. The first-order valence-corrected chi connectivity index (χ1v) is 6.19. The van der Waals surface area contributed by atoms with Crippen molar-refractivity contribution in [3.05, 3.63) is 30.1 Å². The van der Waals surface area contributed by atoms with Crippen molar-refractivity contribution in [1.29, 1.82) is 0 Å². The van der Waals surface area contributed by atoms with Crippen LogP contribution in [0.4, 0.5) is 10.1 Å². The van der Waals surface area contributed by atoms with Crippen LogP contribution >= 0.6 is 0 Å². The second-order valence-electron chi connectivity index (χ2n) is 5.07. The van der Waals surface area contributed by atoms with Gasteiger partial charge in [-0.2, -0.15) is 0 Å². The Bertz CT molecular complexity index is 340. The summed E-state index contributed by atoms with van der Waals surface area (Å²) in [5, 5.41) is 3.48. The fraction of sp³-hybridized carbons (Fsp3) is 0.571. The predicted molar refractivity (Wildman–Crippen MR) is 66.0 cm³/mol. The monoisotopic (exact) mass is 221 g/mol. The van der Waals surface area contributed by atoms with Gasteiger partial charge >= 0.3 is 0 Å². The molecule has 0 saturated heterocycles. The van der Waals surface area contributed by atoms with E-state index < -0.39 is 0 Å². The summed E-state index contributed by atoms with van der Waals surface area (Å²) in [5.74, 6) is 1.18. The van der Waals surface area contributed by atoms with Crippen LogP contribution in [0.5, 0.6) is 0 Å². The Labute approximate surface area is 97.1 Å². The van der Waals surface area contributed by atoms with Gasteiger partial charge in [0.05, 0.1) is 0 Å². The Morgan fingerprint density at radius 2 is 1.88 bits per heavy atom. The van der Waals surface area contributed by atoms with E-state index in [0.29, 0.717) is 17.9 Å². The average Bonchev–Trinajstić information content (AvgIpc) is 2.24. The second-order valence-corrected chi connectivity index (χ2v) is 5.07. The molecule has 1 aliphatic carbocycles. The van der Waals surface area contributed by atoms with Crippen molar-refractivity contribution in [2.24, 2.45) is 11.8 Å².